The first-order valence-corrected chi connectivity index (χ1v) is 10.2. The Hall–Kier alpha value is -2.21. The van der Waals surface area contributed by atoms with E-state index in [2.05, 4.69) is 19.9 Å². The van der Waals surface area contributed by atoms with Gasteiger partial charge >= 0.3 is 0 Å². The monoisotopic (exact) mass is 368 g/mol. The van der Waals surface area contributed by atoms with Crippen LogP contribution in [-0.4, -0.2) is 52.0 Å². The molecule has 0 aliphatic carbocycles. The zero-order chi connectivity index (χ0) is 18.5. The van der Waals surface area contributed by atoms with Crippen molar-refractivity contribution in [2.45, 2.75) is 45.1 Å². The number of rotatable bonds is 4. The highest BCUT2D eigenvalue weighted by molar-refractivity contribution is 5.79. The topological polar surface area (TPSA) is 62.5 Å². The second-order valence-corrected chi connectivity index (χ2v) is 7.67. The number of carbonyl (C=O) groups is 1. The van der Waals surface area contributed by atoms with Gasteiger partial charge in [-0.3, -0.25) is 9.69 Å². The molecule has 0 radical (unpaired) electrons. The summed E-state index contributed by atoms with van der Waals surface area (Å²) in [6.45, 7) is 4.37. The highest BCUT2D eigenvalue weighted by Gasteiger charge is 2.29. The lowest BCUT2D eigenvalue weighted by molar-refractivity contribution is -0.137. The zero-order valence-electron chi connectivity index (χ0n) is 15.8. The maximum atomic E-state index is 12.8. The van der Waals surface area contributed by atoms with E-state index in [9.17, 15) is 4.79 Å². The molecule has 2 aliphatic heterocycles. The summed E-state index contributed by atoms with van der Waals surface area (Å²) in [7, 11) is 0. The van der Waals surface area contributed by atoms with Gasteiger partial charge < -0.3 is 9.42 Å². The molecule has 0 unspecified atom stereocenters. The van der Waals surface area contributed by atoms with Crippen LogP contribution in [0.5, 0.6) is 0 Å². The Morgan fingerprint density at radius 3 is 2.41 bits per heavy atom. The molecule has 1 amide bonds. The summed E-state index contributed by atoms with van der Waals surface area (Å²) in [4.78, 5) is 21.7. The summed E-state index contributed by atoms with van der Waals surface area (Å²) >= 11 is 0. The van der Waals surface area contributed by atoms with Gasteiger partial charge in [-0.25, -0.2) is 0 Å². The molecule has 0 bridgehead atoms. The van der Waals surface area contributed by atoms with E-state index in [1.165, 1.54) is 12.8 Å². The van der Waals surface area contributed by atoms with Gasteiger partial charge in [0.1, 0.15) is 0 Å². The first kappa shape index (κ1) is 18.2. The van der Waals surface area contributed by atoms with E-state index in [0.29, 0.717) is 24.2 Å². The number of hydrogen-bond acceptors (Lipinski definition) is 5. The number of piperidine rings is 1. The zero-order valence-corrected chi connectivity index (χ0v) is 15.8. The van der Waals surface area contributed by atoms with Gasteiger partial charge in [-0.1, -0.05) is 48.3 Å². The van der Waals surface area contributed by atoms with Crippen LogP contribution in [0.1, 0.15) is 44.4 Å². The third-order valence-electron chi connectivity index (χ3n) is 5.71. The Morgan fingerprint density at radius 1 is 1.00 bits per heavy atom. The quantitative estimate of drug-likeness (QED) is 0.828. The molecule has 4 rings (SSSR count). The van der Waals surface area contributed by atoms with Crippen molar-refractivity contribution in [3.63, 3.8) is 0 Å². The average Bonchev–Trinajstić information content (AvgIpc) is 3.01. The van der Waals surface area contributed by atoms with Crippen molar-refractivity contribution in [2.24, 2.45) is 5.92 Å². The first-order valence-electron chi connectivity index (χ1n) is 10.2. The smallest absolute Gasteiger partial charge is 0.241 e. The molecule has 3 heterocycles. The van der Waals surface area contributed by atoms with Crippen molar-refractivity contribution in [1.29, 1.82) is 0 Å². The van der Waals surface area contributed by atoms with Crippen LogP contribution in [0.3, 0.4) is 0 Å². The van der Waals surface area contributed by atoms with Crippen LogP contribution in [-0.2, 0) is 11.3 Å². The summed E-state index contributed by atoms with van der Waals surface area (Å²) in [5.74, 6) is 1.84. The predicted molar refractivity (Wildman–Crippen MR) is 103 cm³/mol. The van der Waals surface area contributed by atoms with Gasteiger partial charge in [-0.15, -0.1) is 0 Å². The van der Waals surface area contributed by atoms with Gasteiger partial charge in [0.25, 0.3) is 0 Å². The van der Waals surface area contributed by atoms with Crippen LogP contribution in [0.2, 0.25) is 0 Å². The maximum Gasteiger partial charge on any atom is 0.241 e. The fraction of sp³-hybridized carbons (Fsp3) is 0.571. The molecule has 0 atom stereocenters. The summed E-state index contributed by atoms with van der Waals surface area (Å²) < 4.78 is 5.43. The van der Waals surface area contributed by atoms with E-state index in [0.717, 1.165) is 57.4 Å². The van der Waals surface area contributed by atoms with Crippen LogP contribution in [0.25, 0.3) is 11.4 Å². The van der Waals surface area contributed by atoms with Crippen molar-refractivity contribution in [1.82, 2.24) is 19.9 Å². The molecule has 1 aromatic heterocycles. The normalized spacial score (nSPS) is 19.8. The molecule has 2 saturated heterocycles. The van der Waals surface area contributed by atoms with Gasteiger partial charge in [0.05, 0.1) is 6.54 Å². The maximum absolute atomic E-state index is 12.8. The number of amides is 1. The van der Waals surface area contributed by atoms with E-state index in [4.69, 9.17) is 4.52 Å². The predicted octanol–water partition coefficient (Wildman–Crippen LogP) is 3.35. The number of aromatic nitrogens is 2. The van der Waals surface area contributed by atoms with Gasteiger partial charge in [-0.2, -0.15) is 4.98 Å². The average molecular weight is 368 g/mol. The number of likely N-dealkylation sites (tertiary alicyclic amines) is 2. The van der Waals surface area contributed by atoms with Crippen molar-refractivity contribution in [3.8, 4) is 11.4 Å². The van der Waals surface area contributed by atoms with Crippen molar-refractivity contribution >= 4 is 5.91 Å². The molecular weight excluding hydrogens is 340 g/mol. The second-order valence-electron chi connectivity index (χ2n) is 7.67. The van der Waals surface area contributed by atoms with E-state index in [1.807, 2.05) is 30.3 Å². The molecule has 27 heavy (non-hydrogen) atoms. The van der Waals surface area contributed by atoms with Crippen LogP contribution < -0.4 is 0 Å². The first-order chi connectivity index (χ1) is 13.3. The third-order valence-corrected chi connectivity index (χ3v) is 5.71. The lowest BCUT2D eigenvalue weighted by atomic mass is 9.95. The Morgan fingerprint density at radius 2 is 1.70 bits per heavy atom. The lowest BCUT2D eigenvalue weighted by Crippen LogP contribution is -2.42. The molecule has 0 N–H and O–H groups in total. The van der Waals surface area contributed by atoms with Gasteiger partial charge in [-0.05, 0) is 38.8 Å². The van der Waals surface area contributed by atoms with Crippen molar-refractivity contribution in [3.05, 3.63) is 36.2 Å². The van der Waals surface area contributed by atoms with Crippen LogP contribution in [0.15, 0.2) is 34.9 Å². The largest absolute Gasteiger partial charge is 0.342 e. The van der Waals surface area contributed by atoms with Gasteiger partial charge in [0.15, 0.2) is 0 Å². The minimum absolute atomic E-state index is 0.182. The molecule has 0 spiro atoms. The van der Waals surface area contributed by atoms with Gasteiger partial charge in [0, 0.05) is 24.6 Å². The fourth-order valence-electron chi connectivity index (χ4n) is 4.10. The summed E-state index contributed by atoms with van der Waals surface area (Å²) in [6.07, 6.45) is 6.69. The molecule has 2 aliphatic rings. The highest BCUT2D eigenvalue weighted by atomic mass is 16.5. The fourth-order valence-corrected chi connectivity index (χ4v) is 4.10. The molecular formula is C21H28N4O2. The summed E-state index contributed by atoms with van der Waals surface area (Å²) in [5.41, 5.74) is 0.967. The third kappa shape index (κ3) is 4.56. The van der Waals surface area contributed by atoms with Crippen LogP contribution >= 0.6 is 0 Å². The second kappa shape index (κ2) is 8.65. The Balaban J connectivity index is 1.28. The SMILES string of the molecule is O=C(C1CCN(Cc2nc(-c3ccccc3)no2)CC1)N1CCCCCC1. The number of nitrogens with zero attached hydrogens (tertiary/aromatic N) is 4. The number of carbonyl (C=O) groups excluding carboxylic acids is 1. The van der Waals surface area contributed by atoms with Crippen molar-refractivity contribution in [2.75, 3.05) is 26.2 Å². The molecule has 2 aromatic rings. The molecule has 0 saturated carbocycles. The minimum atomic E-state index is 0.182. The molecule has 2 fully saturated rings. The highest BCUT2D eigenvalue weighted by Crippen LogP contribution is 2.23. The Labute approximate surface area is 160 Å². The molecule has 6 nitrogen and oxygen atoms in total. The number of hydrogen-bond donors (Lipinski definition) is 0. The Bertz CT molecular complexity index is 730. The summed E-state index contributed by atoms with van der Waals surface area (Å²) in [6, 6.07) is 9.87. The summed E-state index contributed by atoms with van der Waals surface area (Å²) in [5, 5.41) is 4.09. The van der Waals surface area contributed by atoms with E-state index in [-0.39, 0.29) is 5.92 Å². The molecule has 1 aromatic carbocycles. The molecule has 144 valence electrons. The lowest BCUT2D eigenvalue weighted by Gasteiger charge is -2.33. The van der Waals surface area contributed by atoms with E-state index < -0.39 is 0 Å². The van der Waals surface area contributed by atoms with Crippen molar-refractivity contribution < 1.29 is 9.32 Å². The molecule has 6 heteroatoms. The van der Waals surface area contributed by atoms with Crippen LogP contribution in [0.4, 0.5) is 0 Å². The van der Waals surface area contributed by atoms with Gasteiger partial charge in [0.2, 0.25) is 17.6 Å². The van der Waals surface area contributed by atoms with Crippen LogP contribution in [0, 0.1) is 5.92 Å². The number of benzene rings is 1. The van der Waals surface area contributed by atoms with E-state index >= 15 is 0 Å². The van der Waals surface area contributed by atoms with E-state index in [1.54, 1.807) is 0 Å². The minimum Gasteiger partial charge on any atom is -0.342 e. The Kier molecular flexibility index (Phi) is 5.82. The standard InChI is InChI=1S/C21H28N4O2/c26-21(25-12-6-1-2-7-13-25)18-10-14-24(15-11-18)16-19-22-20(23-27-19)17-8-4-3-5-9-17/h3-5,8-9,18H,1-2,6-7,10-16H2.